The van der Waals surface area contributed by atoms with Crippen LogP contribution in [0.3, 0.4) is 0 Å². The van der Waals surface area contributed by atoms with Crippen LogP contribution in [0.25, 0.3) is 0 Å². The molecule has 3 heteroatoms. The van der Waals surface area contributed by atoms with Crippen LogP contribution in [0.4, 0.5) is 0 Å². The zero-order valence-electron chi connectivity index (χ0n) is 11.5. The van der Waals surface area contributed by atoms with Crippen molar-refractivity contribution in [1.29, 1.82) is 0 Å². The van der Waals surface area contributed by atoms with Crippen molar-refractivity contribution in [2.24, 2.45) is 17.6 Å². The minimum atomic E-state index is 0.350. The average molecular weight is 240 g/mol. The lowest BCUT2D eigenvalue weighted by Gasteiger charge is -2.31. The molecule has 100 valence electrons. The molecule has 17 heavy (non-hydrogen) atoms. The molecule has 2 N–H and O–H groups in total. The molecule has 0 aromatic rings. The molecule has 1 fully saturated rings. The molecular formula is C14H28N2O. The van der Waals surface area contributed by atoms with E-state index in [0.29, 0.717) is 18.2 Å². The molecule has 1 atom stereocenters. The summed E-state index contributed by atoms with van der Waals surface area (Å²) in [5.41, 5.74) is 5.51. The number of hydrogen-bond donors (Lipinski definition) is 1. The summed E-state index contributed by atoms with van der Waals surface area (Å²) in [5.74, 6) is 1.77. The standard InChI is InChI=1S/C14H28N2O/c1-3-13-7-10-16(11-8-13)14(17)5-4-12(2)6-9-15/h12-13H,3-11,15H2,1-2H3. The Labute approximate surface area is 106 Å². The van der Waals surface area contributed by atoms with E-state index in [9.17, 15) is 4.79 Å². The van der Waals surface area contributed by atoms with Crippen molar-refractivity contribution in [2.75, 3.05) is 19.6 Å². The summed E-state index contributed by atoms with van der Waals surface area (Å²) in [5, 5.41) is 0. The SMILES string of the molecule is CCC1CCN(C(=O)CCC(C)CCN)CC1. The van der Waals surface area contributed by atoms with Gasteiger partial charge in [0.25, 0.3) is 0 Å². The van der Waals surface area contributed by atoms with Gasteiger partial charge in [0.1, 0.15) is 0 Å². The summed E-state index contributed by atoms with van der Waals surface area (Å²) in [6, 6.07) is 0. The molecule has 1 heterocycles. The maximum Gasteiger partial charge on any atom is 0.222 e. The molecule has 1 amide bonds. The van der Waals surface area contributed by atoms with Crippen LogP contribution in [0.15, 0.2) is 0 Å². The highest BCUT2D eigenvalue weighted by Gasteiger charge is 2.21. The lowest BCUT2D eigenvalue weighted by Crippen LogP contribution is -2.38. The highest BCUT2D eigenvalue weighted by Crippen LogP contribution is 2.21. The van der Waals surface area contributed by atoms with Crippen molar-refractivity contribution in [3.8, 4) is 0 Å². The van der Waals surface area contributed by atoms with E-state index in [2.05, 4.69) is 18.7 Å². The Morgan fingerprint density at radius 2 is 2.00 bits per heavy atom. The van der Waals surface area contributed by atoms with Gasteiger partial charge in [-0.05, 0) is 44.1 Å². The van der Waals surface area contributed by atoms with Gasteiger partial charge in [-0.1, -0.05) is 20.3 Å². The molecule has 1 aliphatic rings. The van der Waals surface area contributed by atoms with Crippen LogP contribution in [0.5, 0.6) is 0 Å². The summed E-state index contributed by atoms with van der Waals surface area (Å²) in [7, 11) is 0. The van der Waals surface area contributed by atoms with Crippen LogP contribution in [0, 0.1) is 11.8 Å². The molecule has 1 saturated heterocycles. The number of carbonyl (C=O) groups excluding carboxylic acids is 1. The minimum Gasteiger partial charge on any atom is -0.343 e. The van der Waals surface area contributed by atoms with Gasteiger partial charge in [-0.15, -0.1) is 0 Å². The van der Waals surface area contributed by atoms with E-state index in [4.69, 9.17) is 5.73 Å². The number of nitrogens with two attached hydrogens (primary N) is 1. The molecule has 0 aliphatic carbocycles. The van der Waals surface area contributed by atoms with Crippen molar-refractivity contribution in [3.63, 3.8) is 0 Å². The monoisotopic (exact) mass is 240 g/mol. The van der Waals surface area contributed by atoms with Crippen molar-refractivity contribution in [3.05, 3.63) is 0 Å². The van der Waals surface area contributed by atoms with E-state index in [-0.39, 0.29) is 0 Å². The number of rotatable bonds is 6. The first-order chi connectivity index (χ1) is 8.17. The van der Waals surface area contributed by atoms with E-state index >= 15 is 0 Å². The molecule has 0 aromatic heterocycles. The van der Waals surface area contributed by atoms with Gasteiger partial charge in [0.15, 0.2) is 0 Å². The topological polar surface area (TPSA) is 46.3 Å². The predicted molar refractivity (Wildman–Crippen MR) is 71.7 cm³/mol. The van der Waals surface area contributed by atoms with Crippen LogP contribution in [-0.2, 0) is 4.79 Å². The van der Waals surface area contributed by atoms with Crippen LogP contribution >= 0.6 is 0 Å². The molecular weight excluding hydrogens is 212 g/mol. The van der Waals surface area contributed by atoms with Gasteiger partial charge < -0.3 is 10.6 Å². The summed E-state index contributed by atoms with van der Waals surface area (Å²) in [4.78, 5) is 14.1. The Morgan fingerprint density at radius 3 is 2.53 bits per heavy atom. The fourth-order valence-corrected chi connectivity index (χ4v) is 2.55. The normalized spacial score (nSPS) is 19.4. The maximum atomic E-state index is 12.0. The molecule has 0 saturated carbocycles. The quantitative estimate of drug-likeness (QED) is 0.775. The van der Waals surface area contributed by atoms with Crippen molar-refractivity contribution < 1.29 is 4.79 Å². The van der Waals surface area contributed by atoms with E-state index < -0.39 is 0 Å². The van der Waals surface area contributed by atoms with Crippen molar-refractivity contribution in [2.45, 2.75) is 52.4 Å². The second-order valence-corrected chi connectivity index (χ2v) is 5.45. The average Bonchev–Trinajstić information content (AvgIpc) is 2.36. The first-order valence-electron chi connectivity index (χ1n) is 7.15. The maximum absolute atomic E-state index is 12.0. The fraction of sp³-hybridized carbons (Fsp3) is 0.929. The Kier molecular flexibility index (Phi) is 6.56. The minimum absolute atomic E-state index is 0.350. The largest absolute Gasteiger partial charge is 0.343 e. The van der Waals surface area contributed by atoms with E-state index in [1.54, 1.807) is 0 Å². The number of likely N-dealkylation sites (tertiary alicyclic amines) is 1. The molecule has 0 aromatic carbocycles. The van der Waals surface area contributed by atoms with Gasteiger partial charge in [-0.25, -0.2) is 0 Å². The number of nitrogens with zero attached hydrogens (tertiary/aromatic N) is 1. The highest BCUT2D eigenvalue weighted by molar-refractivity contribution is 5.76. The summed E-state index contributed by atoms with van der Waals surface area (Å²) in [6.45, 7) is 7.11. The summed E-state index contributed by atoms with van der Waals surface area (Å²) in [6.07, 6.45) is 6.38. The first-order valence-corrected chi connectivity index (χ1v) is 7.15. The number of piperidine rings is 1. The van der Waals surface area contributed by atoms with Crippen LogP contribution in [0.1, 0.15) is 52.4 Å². The smallest absolute Gasteiger partial charge is 0.222 e. The second kappa shape index (κ2) is 7.70. The van der Waals surface area contributed by atoms with Gasteiger partial charge in [0.05, 0.1) is 0 Å². The Hall–Kier alpha value is -0.570. The van der Waals surface area contributed by atoms with Crippen molar-refractivity contribution in [1.82, 2.24) is 4.90 Å². The molecule has 1 rings (SSSR count). The van der Waals surface area contributed by atoms with Gasteiger partial charge in [0.2, 0.25) is 5.91 Å². The van der Waals surface area contributed by atoms with E-state index in [0.717, 1.165) is 38.4 Å². The number of amides is 1. The molecule has 0 bridgehead atoms. The lowest BCUT2D eigenvalue weighted by atomic mass is 9.94. The fourth-order valence-electron chi connectivity index (χ4n) is 2.55. The van der Waals surface area contributed by atoms with Crippen LogP contribution in [-0.4, -0.2) is 30.4 Å². The molecule has 1 aliphatic heterocycles. The Morgan fingerprint density at radius 1 is 1.35 bits per heavy atom. The summed E-state index contributed by atoms with van der Waals surface area (Å²) < 4.78 is 0. The Bertz CT molecular complexity index is 222. The zero-order chi connectivity index (χ0) is 12.7. The number of carbonyl (C=O) groups is 1. The molecule has 0 spiro atoms. The van der Waals surface area contributed by atoms with Crippen molar-refractivity contribution >= 4 is 5.91 Å². The zero-order valence-corrected chi connectivity index (χ0v) is 11.5. The lowest BCUT2D eigenvalue weighted by molar-refractivity contribution is -0.132. The second-order valence-electron chi connectivity index (χ2n) is 5.45. The highest BCUT2D eigenvalue weighted by atomic mass is 16.2. The molecule has 0 radical (unpaired) electrons. The third-order valence-electron chi connectivity index (χ3n) is 4.06. The number of hydrogen-bond acceptors (Lipinski definition) is 2. The van der Waals surface area contributed by atoms with Gasteiger partial charge in [-0.3, -0.25) is 4.79 Å². The molecule has 1 unspecified atom stereocenters. The van der Waals surface area contributed by atoms with Gasteiger partial charge >= 0.3 is 0 Å². The predicted octanol–water partition coefficient (Wildman–Crippen LogP) is 2.40. The third-order valence-corrected chi connectivity index (χ3v) is 4.06. The van der Waals surface area contributed by atoms with Crippen LogP contribution < -0.4 is 5.73 Å². The molecule has 3 nitrogen and oxygen atoms in total. The van der Waals surface area contributed by atoms with E-state index in [1.165, 1.54) is 19.3 Å². The first kappa shape index (κ1) is 14.5. The van der Waals surface area contributed by atoms with Gasteiger partial charge in [-0.2, -0.15) is 0 Å². The van der Waals surface area contributed by atoms with E-state index in [1.807, 2.05) is 0 Å². The Balaban J connectivity index is 2.20. The summed E-state index contributed by atoms with van der Waals surface area (Å²) >= 11 is 0. The third kappa shape index (κ3) is 5.07. The van der Waals surface area contributed by atoms with Crippen LogP contribution in [0.2, 0.25) is 0 Å². The van der Waals surface area contributed by atoms with Gasteiger partial charge in [0, 0.05) is 19.5 Å².